The molecule has 1 aromatic carbocycles. The molecule has 2 rings (SSSR count). The van der Waals surface area contributed by atoms with Gasteiger partial charge in [0.25, 0.3) is 0 Å². The summed E-state index contributed by atoms with van der Waals surface area (Å²) < 4.78 is 0.770. The van der Waals surface area contributed by atoms with Crippen LogP contribution in [0.4, 0.5) is 0 Å². The van der Waals surface area contributed by atoms with Crippen LogP contribution in [0.25, 0.3) is 0 Å². The molecule has 96 valence electrons. The second kappa shape index (κ2) is 5.87. The van der Waals surface area contributed by atoms with E-state index in [1.54, 1.807) is 0 Å². The molecule has 1 nitrogen and oxygen atoms in total. The number of aryl methyl sites for hydroxylation is 1. The molecule has 0 saturated carbocycles. The SMILES string of the molecule is CCC(c1ccccc1)C(O)c1cc(C)c(Cl)s1. The number of halogens is 1. The van der Waals surface area contributed by atoms with Crippen LogP contribution in [0.15, 0.2) is 36.4 Å². The van der Waals surface area contributed by atoms with Crippen LogP contribution >= 0.6 is 22.9 Å². The summed E-state index contributed by atoms with van der Waals surface area (Å²) in [5.41, 5.74) is 2.22. The molecule has 2 unspecified atom stereocenters. The van der Waals surface area contributed by atoms with Crippen LogP contribution in [-0.2, 0) is 0 Å². The molecule has 1 N–H and O–H groups in total. The van der Waals surface area contributed by atoms with Crippen molar-refractivity contribution in [3.63, 3.8) is 0 Å². The molecule has 0 amide bonds. The topological polar surface area (TPSA) is 20.2 Å². The standard InChI is InChI=1S/C15H17ClOS/c1-3-12(11-7-5-4-6-8-11)14(17)13-9-10(2)15(16)18-13/h4-9,12,14,17H,3H2,1-2H3. The minimum Gasteiger partial charge on any atom is -0.387 e. The number of aliphatic hydroxyl groups excluding tert-OH is 1. The molecule has 0 saturated heterocycles. The van der Waals surface area contributed by atoms with Crippen LogP contribution < -0.4 is 0 Å². The van der Waals surface area contributed by atoms with Gasteiger partial charge in [-0.25, -0.2) is 0 Å². The van der Waals surface area contributed by atoms with E-state index in [9.17, 15) is 5.11 Å². The molecule has 3 heteroatoms. The highest BCUT2D eigenvalue weighted by molar-refractivity contribution is 7.16. The number of hydrogen-bond acceptors (Lipinski definition) is 2. The highest BCUT2D eigenvalue weighted by Gasteiger charge is 2.23. The number of benzene rings is 1. The first-order chi connectivity index (χ1) is 8.63. The lowest BCUT2D eigenvalue weighted by Crippen LogP contribution is -2.08. The highest BCUT2D eigenvalue weighted by Crippen LogP contribution is 2.39. The van der Waals surface area contributed by atoms with Gasteiger partial charge in [-0.3, -0.25) is 0 Å². The van der Waals surface area contributed by atoms with Crippen molar-refractivity contribution in [1.29, 1.82) is 0 Å². The average molecular weight is 281 g/mol. The number of hydrogen-bond donors (Lipinski definition) is 1. The number of rotatable bonds is 4. The smallest absolute Gasteiger partial charge is 0.0961 e. The van der Waals surface area contributed by atoms with Crippen molar-refractivity contribution in [2.45, 2.75) is 32.3 Å². The first-order valence-corrected chi connectivity index (χ1v) is 7.31. The van der Waals surface area contributed by atoms with Crippen LogP contribution in [-0.4, -0.2) is 5.11 Å². The summed E-state index contributed by atoms with van der Waals surface area (Å²) in [5.74, 6) is 0.125. The van der Waals surface area contributed by atoms with E-state index in [1.165, 1.54) is 16.9 Å². The Hall–Kier alpha value is -0.830. The number of thiophene rings is 1. The predicted molar refractivity (Wildman–Crippen MR) is 78.5 cm³/mol. The second-order valence-electron chi connectivity index (χ2n) is 4.48. The molecule has 1 aromatic heterocycles. The first kappa shape index (κ1) is 13.6. The first-order valence-electron chi connectivity index (χ1n) is 6.12. The monoisotopic (exact) mass is 280 g/mol. The molecule has 0 radical (unpaired) electrons. The van der Waals surface area contributed by atoms with E-state index in [0.717, 1.165) is 21.2 Å². The Balaban J connectivity index is 2.28. The molecule has 2 atom stereocenters. The Kier molecular flexibility index (Phi) is 4.44. The maximum absolute atomic E-state index is 10.5. The van der Waals surface area contributed by atoms with Crippen LogP contribution in [0.1, 0.15) is 41.4 Å². The van der Waals surface area contributed by atoms with Crippen LogP contribution in [0.2, 0.25) is 4.34 Å². The van der Waals surface area contributed by atoms with E-state index < -0.39 is 6.10 Å². The Morgan fingerprint density at radius 3 is 2.44 bits per heavy atom. The summed E-state index contributed by atoms with van der Waals surface area (Å²) in [4.78, 5) is 0.952. The van der Waals surface area contributed by atoms with Crippen molar-refractivity contribution in [1.82, 2.24) is 0 Å². The van der Waals surface area contributed by atoms with Gasteiger partial charge in [-0.05, 0) is 30.5 Å². The van der Waals surface area contributed by atoms with E-state index >= 15 is 0 Å². The molecular weight excluding hydrogens is 264 g/mol. The molecule has 18 heavy (non-hydrogen) atoms. The Morgan fingerprint density at radius 1 is 1.28 bits per heavy atom. The third-order valence-corrected chi connectivity index (χ3v) is 4.84. The maximum atomic E-state index is 10.5. The zero-order chi connectivity index (χ0) is 13.1. The van der Waals surface area contributed by atoms with E-state index in [-0.39, 0.29) is 5.92 Å². The molecule has 0 fully saturated rings. The highest BCUT2D eigenvalue weighted by atomic mass is 35.5. The molecule has 1 heterocycles. The summed E-state index contributed by atoms with van der Waals surface area (Å²) in [6.45, 7) is 4.07. The summed E-state index contributed by atoms with van der Waals surface area (Å²) >= 11 is 7.55. The molecule has 0 bridgehead atoms. The van der Waals surface area contributed by atoms with Gasteiger partial charge in [0.2, 0.25) is 0 Å². The van der Waals surface area contributed by atoms with Gasteiger partial charge in [-0.2, -0.15) is 0 Å². The Bertz CT molecular complexity index is 487. The van der Waals surface area contributed by atoms with Crippen LogP contribution in [0.3, 0.4) is 0 Å². The van der Waals surface area contributed by atoms with Crippen LogP contribution in [0, 0.1) is 6.92 Å². The minimum absolute atomic E-state index is 0.125. The Morgan fingerprint density at radius 2 is 1.94 bits per heavy atom. The molecule has 2 aromatic rings. The van der Waals surface area contributed by atoms with Gasteiger partial charge in [0.1, 0.15) is 0 Å². The van der Waals surface area contributed by atoms with Gasteiger partial charge in [-0.1, -0.05) is 48.9 Å². The molecule has 0 aliphatic rings. The summed E-state index contributed by atoms with van der Waals surface area (Å²) in [5, 5.41) is 10.5. The van der Waals surface area contributed by atoms with Crippen LogP contribution in [0.5, 0.6) is 0 Å². The average Bonchev–Trinajstić information content (AvgIpc) is 2.72. The van der Waals surface area contributed by atoms with Crippen molar-refractivity contribution in [3.8, 4) is 0 Å². The van der Waals surface area contributed by atoms with E-state index in [4.69, 9.17) is 11.6 Å². The van der Waals surface area contributed by atoms with Gasteiger partial charge < -0.3 is 5.11 Å². The summed E-state index contributed by atoms with van der Waals surface area (Å²) in [6.07, 6.45) is 0.424. The van der Waals surface area contributed by atoms with Gasteiger partial charge >= 0.3 is 0 Å². The fourth-order valence-electron chi connectivity index (χ4n) is 2.17. The molecular formula is C15H17ClOS. The predicted octanol–water partition coefficient (Wildman–Crippen LogP) is 4.94. The van der Waals surface area contributed by atoms with Crippen molar-refractivity contribution < 1.29 is 5.11 Å². The van der Waals surface area contributed by atoms with E-state index in [0.29, 0.717) is 0 Å². The zero-order valence-corrected chi connectivity index (χ0v) is 12.1. The maximum Gasteiger partial charge on any atom is 0.0961 e. The van der Waals surface area contributed by atoms with Crippen molar-refractivity contribution in [3.05, 3.63) is 56.7 Å². The van der Waals surface area contributed by atoms with Gasteiger partial charge in [0, 0.05) is 10.8 Å². The fraction of sp³-hybridized carbons (Fsp3) is 0.333. The number of aliphatic hydroxyl groups is 1. The zero-order valence-electron chi connectivity index (χ0n) is 10.6. The van der Waals surface area contributed by atoms with Gasteiger partial charge in [0.05, 0.1) is 10.4 Å². The second-order valence-corrected chi connectivity index (χ2v) is 6.16. The van der Waals surface area contributed by atoms with Crippen molar-refractivity contribution in [2.75, 3.05) is 0 Å². The van der Waals surface area contributed by atoms with Crippen molar-refractivity contribution in [2.24, 2.45) is 0 Å². The van der Waals surface area contributed by atoms with Gasteiger partial charge in [0.15, 0.2) is 0 Å². The summed E-state index contributed by atoms with van der Waals surface area (Å²) in [7, 11) is 0. The molecule has 0 aliphatic carbocycles. The lowest BCUT2D eigenvalue weighted by Gasteiger charge is -2.21. The van der Waals surface area contributed by atoms with Crippen molar-refractivity contribution >= 4 is 22.9 Å². The lowest BCUT2D eigenvalue weighted by atomic mass is 9.90. The van der Waals surface area contributed by atoms with Gasteiger partial charge in [-0.15, -0.1) is 11.3 Å². The third-order valence-electron chi connectivity index (χ3n) is 3.22. The lowest BCUT2D eigenvalue weighted by molar-refractivity contribution is 0.146. The fourth-order valence-corrected chi connectivity index (χ4v) is 3.44. The molecule has 0 spiro atoms. The largest absolute Gasteiger partial charge is 0.387 e. The quantitative estimate of drug-likeness (QED) is 0.841. The van der Waals surface area contributed by atoms with E-state index in [2.05, 4.69) is 19.1 Å². The molecule has 0 aliphatic heterocycles. The minimum atomic E-state index is -0.478. The Labute approximate surface area is 117 Å². The summed E-state index contributed by atoms with van der Waals surface area (Å²) in [6, 6.07) is 12.1. The van der Waals surface area contributed by atoms with E-state index in [1.807, 2.05) is 31.2 Å². The normalized spacial score (nSPS) is 14.4. The third kappa shape index (κ3) is 2.77.